The molecule has 0 aliphatic rings. The molecule has 144 valence electrons. The van der Waals surface area contributed by atoms with Gasteiger partial charge in [0.25, 0.3) is 11.5 Å². The molecular formula is C22H21FN2O3. The summed E-state index contributed by atoms with van der Waals surface area (Å²) < 4.78 is 19.7. The molecule has 5 nitrogen and oxygen atoms in total. The first-order valence-electron chi connectivity index (χ1n) is 8.87. The number of ether oxygens (including phenoxy) is 1. The fourth-order valence-electron chi connectivity index (χ4n) is 2.94. The van der Waals surface area contributed by atoms with Gasteiger partial charge in [0.05, 0.1) is 7.11 Å². The zero-order valence-corrected chi connectivity index (χ0v) is 15.7. The van der Waals surface area contributed by atoms with E-state index in [9.17, 15) is 14.0 Å². The van der Waals surface area contributed by atoms with Gasteiger partial charge in [0.15, 0.2) is 0 Å². The number of halogens is 1. The highest BCUT2D eigenvalue weighted by molar-refractivity contribution is 5.94. The van der Waals surface area contributed by atoms with Crippen molar-refractivity contribution < 1.29 is 13.9 Å². The summed E-state index contributed by atoms with van der Waals surface area (Å²) in [4.78, 5) is 24.4. The van der Waals surface area contributed by atoms with E-state index in [1.807, 2.05) is 19.1 Å². The van der Waals surface area contributed by atoms with E-state index >= 15 is 0 Å². The zero-order chi connectivity index (χ0) is 20.1. The van der Waals surface area contributed by atoms with Crippen LogP contribution in [0.15, 0.2) is 65.5 Å². The maximum atomic E-state index is 13.0. The van der Waals surface area contributed by atoms with Gasteiger partial charge in [-0.3, -0.25) is 9.59 Å². The molecule has 0 bridgehead atoms. The van der Waals surface area contributed by atoms with Gasteiger partial charge >= 0.3 is 0 Å². The summed E-state index contributed by atoms with van der Waals surface area (Å²) in [5.74, 6) is 0.0138. The lowest BCUT2D eigenvalue weighted by Crippen LogP contribution is -2.31. The summed E-state index contributed by atoms with van der Waals surface area (Å²) in [6.45, 7) is 2.51. The van der Waals surface area contributed by atoms with Crippen molar-refractivity contribution in [2.24, 2.45) is 0 Å². The maximum absolute atomic E-state index is 13.0. The lowest BCUT2D eigenvalue weighted by atomic mass is 10.0. The number of hydrogen-bond acceptors (Lipinski definition) is 3. The molecule has 0 unspecified atom stereocenters. The summed E-state index contributed by atoms with van der Waals surface area (Å²) >= 11 is 0. The number of aromatic nitrogens is 1. The van der Waals surface area contributed by atoms with E-state index in [1.54, 1.807) is 34.9 Å². The van der Waals surface area contributed by atoms with Crippen LogP contribution < -0.4 is 15.6 Å². The number of amides is 1. The minimum Gasteiger partial charge on any atom is -0.496 e. The number of nitrogens with zero attached hydrogens (tertiary/aromatic N) is 1. The molecule has 6 heteroatoms. The molecule has 0 radical (unpaired) electrons. The van der Waals surface area contributed by atoms with Crippen LogP contribution in [-0.2, 0) is 6.54 Å². The average Bonchev–Trinajstić information content (AvgIpc) is 2.70. The van der Waals surface area contributed by atoms with Gasteiger partial charge in [-0.25, -0.2) is 4.39 Å². The second-order valence-corrected chi connectivity index (χ2v) is 6.37. The van der Waals surface area contributed by atoms with Gasteiger partial charge < -0.3 is 14.6 Å². The van der Waals surface area contributed by atoms with Gasteiger partial charge in [-0.15, -0.1) is 0 Å². The number of methoxy groups -OCH3 is 1. The third-order valence-corrected chi connectivity index (χ3v) is 4.49. The van der Waals surface area contributed by atoms with E-state index in [0.29, 0.717) is 24.4 Å². The molecule has 0 fully saturated rings. The first-order chi connectivity index (χ1) is 13.5. The topological polar surface area (TPSA) is 60.3 Å². The molecule has 1 heterocycles. The summed E-state index contributed by atoms with van der Waals surface area (Å²) in [5, 5.41) is 2.82. The van der Waals surface area contributed by atoms with Crippen LogP contribution in [0.4, 0.5) is 4.39 Å². The Morgan fingerprint density at radius 2 is 1.64 bits per heavy atom. The van der Waals surface area contributed by atoms with Crippen LogP contribution in [0.1, 0.15) is 16.1 Å². The van der Waals surface area contributed by atoms with Crippen LogP contribution in [0.25, 0.3) is 11.1 Å². The van der Waals surface area contributed by atoms with E-state index < -0.39 is 0 Å². The molecule has 0 aliphatic heterocycles. The van der Waals surface area contributed by atoms with Crippen LogP contribution >= 0.6 is 0 Å². The SMILES string of the molecule is COc1cc(C)n(CCNC(=O)c2ccc(-c3ccc(F)cc3)cc2)c(=O)c1. The van der Waals surface area contributed by atoms with Gasteiger partial charge in [0.2, 0.25) is 0 Å². The number of carbonyl (C=O) groups is 1. The highest BCUT2D eigenvalue weighted by Crippen LogP contribution is 2.20. The van der Waals surface area contributed by atoms with Crippen molar-refractivity contribution in [2.45, 2.75) is 13.5 Å². The lowest BCUT2D eigenvalue weighted by molar-refractivity contribution is 0.0952. The number of pyridine rings is 1. The van der Waals surface area contributed by atoms with Crippen molar-refractivity contribution >= 4 is 5.91 Å². The van der Waals surface area contributed by atoms with Gasteiger partial charge in [0, 0.05) is 30.4 Å². The highest BCUT2D eigenvalue weighted by atomic mass is 19.1. The molecular weight excluding hydrogens is 359 g/mol. The molecule has 0 saturated carbocycles. The normalized spacial score (nSPS) is 10.5. The van der Waals surface area contributed by atoms with Crippen LogP contribution in [0.5, 0.6) is 5.75 Å². The van der Waals surface area contributed by atoms with Gasteiger partial charge in [0.1, 0.15) is 11.6 Å². The average molecular weight is 380 g/mol. The molecule has 2 aromatic carbocycles. The summed E-state index contributed by atoms with van der Waals surface area (Å²) in [6, 6.07) is 16.5. The third kappa shape index (κ3) is 4.46. The van der Waals surface area contributed by atoms with Crippen molar-refractivity contribution in [3.8, 4) is 16.9 Å². The standard InChI is InChI=1S/C22H21FN2O3/c1-15-13-20(28-2)14-21(26)25(15)12-11-24-22(27)18-5-3-16(4-6-18)17-7-9-19(23)10-8-17/h3-10,13-14H,11-12H2,1-2H3,(H,24,27). The number of carbonyl (C=O) groups excluding carboxylic acids is 1. The molecule has 0 aliphatic carbocycles. The number of rotatable bonds is 6. The molecule has 1 aromatic heterocycles. The number of hydrogen-bond donors (Lipinski definition) is 1. The smallest absolute Gasteiger partial charge is 0.254 e. The second-order valence-electron chi connectivity index (χ2n) is 6.37. The number of nitrogens with one attached hydrogen (secondary N) is 1. The fourth-order valence-corrected chi connectivity index (χ4v) is 2.94. The minimum absolute atomic E-state index is 0.172. The predicted octanol–water partition coefficient (Wildman–Crippen LogP) is 3.40. The van der Waals surface area contributed by atoms with Crippen LogP contribution in [0, 0.1) is 12.7 Å². The molecule has 0 saturated heterocycles. The third-order valence-electron chi connectivity index (χ3n) is 4.49. The highest BCUT2D eigenvalue weighted by Gasteiger charge is 2.08. The van der Waals surface area contributed by atoms with Crippen molar-refractivity contribution in [3.05, 3.63) is 88.1 Å². The quantitative estimate of drug-likeness (QED) is 0.713. The monoisotopic (exact) mass is 380 g/mol. The van der Waals surface area contributed by atoms with Crippen molar-refractivity contribution in [1.29, 1.82) is 0 Å². The van der Waals surface area contributed by atoms with Crippen LogP contribution in [-0.4, -0.2) is 24.1 Å². The van der Waals surface area contributed by atoms with Crippen LogP contribution in [0.3, 0.4) is 0 Å². The fraction of sp³-hybridized carbons (Fsp3) is 0.182. The summed E-state index contributed by atoms with van der Waals surface area (Å²) in [5.41, 5.74) is 2.89. The first kappa shape index (κ1) is 19.4. The van der Waals surface area contributed by atoms with Gasteiger partial charge in [-0.05, 0) is 48.4 Å². The molecule has 1 amide bonds. The molecule has 0 spiro atoms. The Morgan fingerprint density at radius 1 is 1.04 bits per heavy atom. The largest absolute Gasteiger partial charge is 0.496 e. The Kier molecular flexibility index (Phi) is 5.89. The van der Waals surface area contributed by atoms with E-state index in [4.69, 9.17) is 4.74 Å². The molecule has 1 N–H and O–H groups in total. The predicted molar refractivity (Wildman–Crippen MR) is 106 cm³/mol. The summed E-state index contributed by atoms with van der Waals surface area (Å²) in [7, 11) is 1.51. The van der Waals surface area contributed by atoms with E-state index in [0.717, 1.165) is 16.8 Å². The minimum atomic E-state index is -0.286. The zero-order valence-electron chi connectivity index (χ0n) is 15.7. The van der Waals surface area contributed by atoms with E-state index in [2.05, 4.69) is 5.32 Å². The Labute approximate surface area is 162 Å². The molecule has 3 rings (SSSR count). The Morgan fingerprint density at radius 3 is 2.21 bits per heavy atom. The number of aryl methyl sites for hydroxylation is 1. The lowest BCUT2D eigenvalue weighted by Gasteiger charge is -2.12. The Hall–Kier alpha value is -3.41. The Bertz CT molecular complexity index is 1030. The van der Waals surface area contributed by atoms with Crippen LogP contribution in [0.2, 0.25) is 0 Å². The molecule has 3 aromatic rings. The molecule has 0 atom stereocenters. The van der Waals surface area contributed by atoms with Crippen molar-refractivity contribution in [3.63, 3.8) is 0 Å². The van der Waals surface area contributed by atoms with E-state index in [-0.39, 0.29) is 17.3 Å². The maximum Gasteiger partial charge on any atom is 0.254 e. The Balaban J connectivity index is 1.61. The van der Waals surface area contributed by atoms with E-state index in [1.165, 1.54) is 25.3 Å². The number of benzene rings is 2. The second kappa shape index (κ2) is 8.52. The summed E-state index contributed by atoms with van der Waals surface area (Å²) in [6.07, 6.45) is 0. The van der Waals surface area contributed by atoms with Crippen molar-refractivity contribution in [2.75, 3.05) is 13.7 Å². The van der Waals surface area contributed by atoms with Gasteiger partial charge in [-0.2, -0.15) is 0 Å². The van der Waals surface area contributed by atoms with Crippen molar-refractivity contribution in [1.82, 2.24) is 9.88 Å². The first-order valence-corrected chi connectivity index (χ1v) is 8.87. The van der Waals surface area contributed by atoms with Gasteiger partial charge in [-0.1, -0.05) is 24.3 Å². The molecule has 28 heavy (non-hydrogen) atoms.